The Hall–Kier alpha value is -0.820. The van der Waals surface area contributed by atoms with Crippen LogP contribution in [0.15, 0.2) is 10.7 Å². The molecule has 0 aliphatic rings. The van der Waals surface area contributed by atoms with E-state index in [0.29, 0.717) is 18.1 Å². The third-order valence-electron chi connectivity index (χ3n) is 2.07. The van der Waals surface area contributed by atoms with E-state index in [1.54, 1.807) is 6.20 Å². The molecule has 0 aromatic carbocycles. The molecule has 90 valence electrons. The van der Waals surface area contributed by atoms with Crippen molar-refractivity contribution in [2.24, 2.45) is 0 Å². The summed E-state index contributed by atoms with van der Waals surface area (Å²) in [6, 6.07) is 0. The minimum atomic E-state index is -2.96. The lowest BCUT2D eigenvalue weighted by Crippen LogP contribution is -2.15. The van der Waals surface area contributed by atoms with Crippen molar-refractivity contribution in [2.75, 3.05) is 29.6 Å². The number of nitrogens with zero attached hydrogens (tertiary/aromatic N) is 1. The van der Waals surface area contributed by atoms with Crippen LogP contribution in [-0.4, -0.2) is 32.0 Å². The highest BCUT2D eigenvalue weighted by molar-refractivity contribution is 9.10. The van der Waals surface area contributed by atoms with Gasteiger partial charge in [-0.15, -0.1) is 0 Å². The van der Waals surface area contributed by atoms with Gasteiger partial charge in [-0.25, -0.2) is 13.4 Å². The monoisotopic (exact) mass is 307 g/mol. The minimum Gasteiger partial charge on any atom is -0.397 e. The SMILES string of the molecule is Cc1c(N)cnc(NCCS(C)(=O)=O)c1Br. The maximum Gasteiger partial charge on any atom is 0.149 e. The second kappa shape index (κ2) is 5.01. The van der Waals surface area contributed by atoms with Gasteiger partial charge < -0.3 is 11.1 Å². The van der Waals surface area contributed by atoms with Crippen molar-refractivity contribution in [3.05, 3.63) is 16.2 Å². The van der Waals surface area contributed by atoms with Gasteiger partial charge in [0, 0.05) is 12.8 Å². The zero-order valence-electron chi connectivity index (χ0n) is 9.12. The molecule has 7 heteroatoms. The number of sulfone groups is 1. The molecular weight excluding hydrogens is 294 g/mol. The Morgan fingerprint density at radius 1 is 1.56 bits per heavy atom. The van der Waals surface area contributed by atoms with Crippen molar-refractivity contribution < 1.29 is 8.42 Å². The number of hydrogen-bond donors (Lipinski definition) is 2. The fraction of sp³-hybridized carbons (Fsp3) is 0.444. The Morgan fingerprint density at radius 3 is 2.75 bits per heavy atom. The number of hydrogen-bond acceptors (Lipinski definition) is 5. The van der Waals surface area contributed by atoms with Crippen LogP contribution in [0.4, 0.5) is 11.5 Å². The predicted molar refractivity (Wildman–Crippen MR) is 69.3 cm³/mol. The lowest BCUT2D eigenvalue weighted by molar-refractivity contribution is 0.602. The van der Waals surface area contributed by atoms with Crippen LogP contribution in [-0.2, 0) is 9.84 Å². The van der Waals surface area contributed by atoms with E-state index in [2.05, 4.69) is 26.2 Å². The summed E-state index contributed by atoms with van der Waals surface area (Å²) in [5, 5.41) is 2.94. The molecule has 0 unspecified atom stereocenters. The highest BCUT2D eigenvalue weighted by atomic mass is 79.9. The molecule has 0 aliphatic carbocycles. The summed E-state index contributed by atoms with van der Waals surface area (Å²) in [7, 11) is -2.96. The normalized spacial score (nSPS) is 11.4. The first-order chi connectivity index (χ1) is 7.31. The van der Waals surface area contributed by atoms with Crippen LogP contribution in [0, 0.1) is 6.92 Å². The first-order valence-corrected chi connectivity index (χ1v) is 7.49. The maximum atomic E-state index is 10.9. The van der Waals surface area contributed by atoms with E-state index >= 15 is 0 Å². The van der Waals surface area contributed by atoms with Crippen LogP contribution in [0.1, 0.15) is 5.56 Å². The molecule has 0 saturated carbocycles. The summed E-state index contributed by atoms with van der Waals surface area (Å²) >= 11 is 3.36. The Labute approximate surface area is 103 Å². The number of nitrogens with two attached hydrogens (primary N) is 1. The van der Waals surface area contributed by atoms with Gasteiger partial charge in [0.1, 0.15) is 15.7 Å². The van der Waals surface area contributed by atoms with Crippen molar-refractivity contribution in [1.82, 2.24) is 4.98 Å². The summed E-state index contributed by atoms with van der Waals surface area (Å²) in [5.74, 6) is 0.681. The molecule has 0 fully saturated rings. The van der Waals surface area contributed by atoms with Gasteiger partial charge in [0.2, 0.25) is 0 Å². The second-order valence-electron chi connectivity index (χ2n) is 3.56. The number of nitrogen functional groups attached to an aromatic ring is 1. The highest BCUT2D eigenvalue weighted by Crippen LogP contribution is 2.27. The molecule has 0 amide bonds. The largest absolute Gasteiger partial charge is 0.397 e. The quantitative estimate of drug-likeness (QED) is 0.873. The molecule has 0 bridgehead atoms. The average molecular weight is 308 g/mol. The van der Waals surface area contributed by atoms with Gasteiger partial charge in [-0.2, -0.15) is 0 Å². The summed E-state index contributed by atoms with van der Waals surface area (Å²) < 4.78 is 22.6. The van der Waals surface area contributed by atoms with Crippen molar-refractivity contribution in [3.63, 3.8) is 0 Å². The molecular formula is C9H14BrN3O2S. The molecule has 16 heavy (non-hydrogen) atoms. The van der Waals surface area contributed by atoms with Gasteiger partial charge in [-0.1, -0.05) is 0 Å². The summed E-state index contributed by atoms with van der Waals surface area (Å²) in [4.78, 5) is 4.08. The Bertz CT molecular complexity index is 488. The van der Waals surface area contributed by atoms with Crippen LogP contribution >= 0.6 is 15.9 Å². The van der Waals surface area contributed by atoms with Crippen LogP contribution in [0.3, 0.4) is 0 Å². The highest BCUT2D eigenvalue weighted by Gasteiger charge is 2.08. The van der Waals surface area contributed by atoms with E-state index in [9.17, 15) is 8.42 Å². The van der Waals surface area contributed by atoms with Crippen LogP contribution < -0.4 is 11.1 Å². The predicted octanol–water partition coefficient (Wildman–Crippen LogP) is 1.19. The topological polar surface area (TPSA) is 85.1 Å². The van der Waals surface area contributed by atoms with Gasteiger partial charge in [-0.05, 0) is 28.4 Å². The molecule has 0 aliphatic heterocycles. The van der Waals surface area contributed by atoms with Crippen molar-refractivity contribution in [1.29, 1.82) is 0 Å². The third-order valence-corrected chi connectivity index (χ3v) is 3.98. The standard InChI is InChI=1S/C9H14BrN3O2S/c1-6-7(11)5-13-9(8(6)10)12-3-4-16(2,14)15/h5H,3-4,11H2,1-2H3,(H,12,13). The minimum absolute atomic E-state index is 0.0740. The summed E-state index contributed by atoms with van der Waals surface area (Å²) in [6.07, 6.45) is 2.74. The second-order valence-corrected chi connectivity index (χ2v) is 6.61. The van der Waals surface area contributed by atoms with Gasteiger partial charge >= 0.3 is 0 Å². The molecule has 0 spiro atoms. The molecule has 1 aromatic heterocycles. The van der Waals surface area contributed by atoms with E-state index in [0.717, 1.165) is 10.0 Å². The molecule has 5 nitrogen and oxygen atoms in total. The average Bonchev–Trinajstić information content (AvgIpc) is 2.16. The number of pyridine rings is 1. The number of anilines is 2. The number of rotatable bonds is 4. The summed E-state index contributed by atoms with van der Waals surface area (Å²) in [6.45, 7) is 2.19. The van der Waals surface area contributed by atoms with E-state index in [1.165, 1.54) is 6.26 Å². The molecule has 3 N–H and O–H groups in total. The third kappa shape index (κ3) is 3.64. The zero-order chi connectivity index (χ0) is 12.3. The molecule has 0 saturated heterocycles. The Kier molecular flexibility index (Phi) is 4.15. The Balaban J connectivity index is 2.72. The molecule has 1 rings (SSSR count). The van der Waals surface area contributed by atoms with E-state index in [4.69, 9.17) is 5.73 Å². The smallest absolute Gasteiger partial charge is 0.149 e. The van der Waals surface area contributed by atoms with Crippen LogP contribution in [0.5, 0.6) is 0 Å². The van der Waals surface area contributed by atoms with Crippen molar-refractivity contribution in [2.45, 2.75) is 6.92 Å². The van der Waals surface area contributed by atoms with Crippen LogP contribution in [0.2, 0.25) is 0 Å². The first-order valence-electron chi connectivity index (χ1n) is 4.63. The summed E-state index contributed by atoms with van der Waals surface area (Å²) in [5.41, 5.74) is 7.15. The fourth-order valence-electron chi connectivity index (χ4n) is 1.07. The first kappa shape index (κ1) is 13.2. The van der Waals surface area contributed by atoms with Gasteiger partial charge in [0.15, 0.2) is 0 Å². The van der Waals surface area contributed by atoms with Crippen molar-refractivity contribution >= 4 is 37.3 Å². The van der Waals surface area contributed by atoms with E-state index in [-0.39, 0.29) is 5.75 Å². The number of nitrogens with one attached hydrogen (secondary N) is 1. The van der Waals surface area contributed by atoms with E-state index < -0.39 is 9.84 Å². The zero-order valence-corrected chi connectivity index (χ0v) is 11.5. The van der Waals surface area contributed by atoms with Gasteiger partial charge in [-0.3, -0.25) is 0 Å². The number of halogens is 1. The molecule has 1 heterocycles. The lowest BCUT2D eigenvalue weighted by Gasteiger charge is -2.10. The Morgan fingerprint density at radius 2 is 2.19 bits per heavy atom. The molecule has 0 radical (unpaired) electrons. The van der Waals surface area contributed by atoms with Crippen molar-refractivity contribution in [3.8, 4) is 0 Å². The number of aromatic nitrogens is 1. The van der Waals surface area contributed by atoms with Gasteiger partial charge in [0.25, 0.3) is 0 Å². The van der Waals surface area contributed by atoms with Crippen LogP contribution in [0.25, 0.3) is 0 Å². The maximum absolute atomic E-state index is 10.9. The molecule has 1 aromatic rings. The fourth-order valence-corrected chi connectivity index (χ4v) is 2.01. The lowest BCUT2D eigenvalue weighted by atomic mass is 10.2. The van der Waals surface area contributed by atoms with Gasteiger partial charge in [0.05, 0.1) is 22.1 Å². The molecule has 0 atom stereocenters. The van der Waals surface area contributed by atoms with E-state index in [1.807, 2.05) is 6.92 Å².